The van der Waals surface area contributed by atoms with Crippen molar-refractivity contribution in [2.75, 3.05) is 5.73 Å². The number of aromatic amines is 1. The van der Waals surface area contributed by atoms with Crippen molar-refractivity contribution in [1.29, 1.82) is 0 Å². The van der Waals surface area contributed by atoms with E-state index in [4.69, 9.17) is 5.73 Å². The van der Waals surface area contributed by atoms with Gasteiger partial charge in [0.2, 0.25) is 0 Å². The standard InChI is InChI=1S/C12H13N3O2/c1-8-6-15(12(17)14-11(8)16)7-9-3-2-4-10(13)5-9/h2-6H,7,13H2,1H3,(H,14,16,17). The Balaban J connectivity index is 2.40. The van der Waals surface area contributed by atoms with Crippen LogP contribution < -0.4 is 17.0 Å². The molecule has 2 rings (SSSR count). The molecule has 5 heteroatoms. The third-order valence-electron chi connectivity index (χ3n) is 2.49. The van der Waals surface area contributed by atoms with E-state index >= 15 is 0 Å². The van der Waals surface area contributed by atoms with Gasteiger partial charge in [-0.25, -0.2) is 4.79 Å². The lowest BCUT2D eigenvalue weighted by Crippen LogP contribution is -2.31. The van der Waals surface area contributed by atoms with E-state index < -0.39 is 5.69 Å². The van der Waals surface area contributed by atoms with Gasteiger partial charge in [-0.1, -0.05) is 12.1 Å². The van der Waals surface area contributed by atoms with E-state index in [1.54, 1.807) is 25.3 Å². The zero-order chi connectivity index (χ0) is 12.4. The third kappa shape index (κ3) is 2.44. The lowest BCUT2D eigenvalue weighted by Gasteiger charge is -2.06. The van der Waals surface area contributed by atoms with Gasteiger partial charge in [0.05, 0.1) is 6.54 Å². The molecule has 0 saturated heterocycles. The van der Waals surface area contributed by atoms with Crippen LogP contribution in [0.5, 0.6) is 0 Å². The number of nitrogen functional groups attached to an aromatic ring is 1. The van der Waals surface area contributed by atoms with Crippen molar-refractivity contribution in [3.8, 4) is 0 Å². The zero-order valence-electron chi connectivity index (χ0n) is 9.43. The molecule has 0 amide bonds. The molecule has 2 aromatic rings. The fourth-order valence-electron chi connectivity index (χ4n) is 1.62. The summed E-state index contributed by atoms with van der Waals surface area (Å²) >= 11 is 0. The molecule has 0 fully saturated rings. The van der Waals surface area contributed by atoms with Crippen molar-refractivity contribution >= 4 is 5.69 Å². The number of aromatic nitrogens is 2. The van der Waals surface area contributed by atoms with Crippen LogP contribution >= 0.6 is 0 Å². The molecule has 0 atom stereocenters. The molecule has 0 saturated carbocycles. The van der Waals surface area contributed by atoms with Crippen LogP contribution in [0.2, 0.25) is 0 Å². The van der Waals surface area contributed by atoms with Crippen molar-refractivity contribution in [3.05, 3.63) is 62.4 Å². The fraction of sp³-hybridized carbons (Fsp3) is 0.167. The number of H-pyrrole nitrogens is 1. The number of nitrogens with zero attached hydrogens (tertiary/aromatic N) is 1. The minimum Gasteiger partial charge on any atom is -0.399 e. The van der Waals surface area contributed by atoms with Gasteiger partial charge in [-0.3, -0.25) is 14.3 Å². The van der Waals surface area contributed by atoms with E-state index in [0.29, 0.717) is 17.8 Å². The molecule has 17 heavy (non-hydrogen) atoms. The Bertz CT molecular complexity index is 655. The highest BCUT2D eigenvalue weighted by atomic mass is 16.2. The predicted octanol–water partition coefficient (Wildman–Crippen LogP) is 0.476. The Morgan fingerprint density at radius 3 is 2.82 bits per heavy atom. The van der Waals surface area contributed by atoms with Crippen molar-refractivity contribution in [3.63, 3.8) is 0 Å². The number of hydrogen-bond acceptors (Lipinski definition) is 3. The first-order chi connectivity index (χ1) is 8.06. The van der Waals surface area contributed by atoms with Gasteiger partial charge in [0.15, 0.2) is 0 Å². The smallest absolute Gasteiger partial charge is 0.328 e. The molecular weight excluding hydrogens is 218 g/mol. The van der Waals surface area contributed by atoms with Crippen LogP contribution in [0.25, 0.3) is 0 Å². The number of rotatable bonds is 2. The summed E-state index contributed by atoms with van der Waals surface area (Å²) in [6.45, 7) is 2.05. The number of nitrogens with two attached hydrogens (primary N) is 1. The molecule has 1 aromatic carbocycles. The lowest BCUT2D eigenvalue weighted by molar-refractivity contribution is 0.714. The van der Waals surface area contributed by atoms with Gasteiger partial charge in [0, 0.05) is 17.4 Å². The average Bonchev–Trinajstić information content (AvgIpc) is 2.26. The van der Waals surface area contributed by atoms with E-state index in [9.17, 15) is 9.59 Å². The summed E-state index contributed by atoms with van der Waals surface area (Å²) in [5.41, 5.74) is 6.97. The van der Waals surface area contributed by atoms with Gasteiger partial charge in [-0.2, -0.15) is 0 Å². The third-order valence-corrected chi connectivity index (χ3v) is 2.49. The molecule has 0 radical (unpaired) electrons. The molecule has 0 spiro atoms. The number of nitrogens with one attached hydrogen (secondary N) is 1. The number of anilines is 1. The molecule has 0 unspecified atom stereocenters. The Morgan fingerprint density at radius 2 is 2.12 bits per heavy atom. The van der Waals surface area contributed by atoms with Crippen LogP contribution in [0.4, 0.5) is 5.69 Å². The summed E-state index contributed by atoms with van der Waals surface area (Å²) in [5, 5.41) is 0. The van der Waals surface area contributed by atoms with Crippen LogP contribution in [0, 0.1) is 6.92 Å². The van der Waals surface area contributed by atoms with Gasteiger partial charge in [0.1, 0.15) is 0 Å². The molecule has 88 valence electrons. The summed E-state index contributed by atoms with van der Waals surface area (Å²) in [7, 11) is 0. The topological polar surface area (TPSA) is 80.9 Å². The molecule has 0 aliphatic rings. The van der Waals surface area contributed by atoms with Crippen molar-refractivity contribution < 1.29 is 0 Å². The van der Waals surface area contributed by atoms with Gasteiger partial charge in [-0.05, 0) is 24.6 Å². The summed E-state index contributed by atoms with van der Waals surface area (Å²) in [6.07, 6.45) is 1.55. The molecule has 0 bridgehead atoms. The fourth-order valence-corrected chi connectivity index (χ4v) is 1.62. The molecule has 3 N–H and O–H groups in total. The first kappa shape index (κ1) is 11.2. The second-order valence-corrected chi connectivity index (χ2v) is 3.94. The monoisotopic (exact) mass is 231 g/mol. The zero-order valence-corrected chi connectivity index (χ0v) is 9.43. The first-order valence-electron chi connectivity index (χ1n) is 5.21. The number of aryl methyl sites for hydroxylation is 1. The normalized spacial score (nSPS) is 10.4. The number of hydrogen-bond donors (Lipinski definition) is 2. The van der Waals surface area contributed by atoms with Gasteiger partial charge >= 0.3 is 5.69 Å². The quantitative estimate of drug-likeness (QED) is 0.737. The Kier molecular flexibility index (Phi) is 2.82. The van der Waals surface area contributed by atoms with Crippen molar-refractivity contribution in [1.82, 2.24) is 9.55 Å². The maximum atomic E-state index is 11.6. The summed E-state index contributed by atoms with van der Waals surface area (Å²) < 4.78 is 1.45. The minimum atomic E-state index is -0.414. The Morgan fingerprint density at radius 1 is 1.35 bits per heavy atom. The highest BCUT2D eigenvalue weighted by molar-refractivity contribution is 5.40. The first-order valence-corrected chi connectivity index (χ1v) is 5.21. The van der Waals surface area contributed by atoms with Gasteiger partial charge < -0.3 is 5.73 Å². The summed E-state index contributed by atoms with van der Waals surface area (Å²) in [4.78, 5) is 25.0. The van der Waals surface area contributed by atoms with Crippen molar-refractivity contribution in [2.24, 2.45) is 0 Å². The second kappa shape index (κ2) is 4.29. The average molecular weight is 231 g/mol. The highest BCUT2D eigenvalue weighted by Gasteiger charge is 2.01. The molecule has 1 aromatic heterocycles. The Hall–Kier alpha value is -2.30. The van der Waals surface area contributed by atoms with Crippen LogP contribution in [0.3, 0.4) is 0 Å². The van der Waals surface area contributed by atoms with Crippen LogP contribution in [0.15, 0.2) is 40.1 Å². The van der Waals surface area contributed by atoms with Crippen LogP contribution in [0.1, 0.15) is 11.1 Å². The largest absolute Gasteiger partial charge is 0.399 e. The molecule has 0 aliphatic heterocycles. The SMILES string of the molecule is Cc1cn(Cc2cccc(N)c2)c(=O)[nH]c1=O. The maximum absolute atomic E-state index is 11.6. The predicted molar refractivity (Wildman–Crippen MR) is 66.0 cm³/mol. The molecule has 5 nitrogen and oxygen atoms in total. The van der Waals surface area contributed by atoms with E-state index in [1.807, 2.05) is 12.1 Å². The second-order valence-electron chi connectivity index (χ2n) is 3.94. The molecule has 0 aliphatic carbocycles. The van der Waals surface area contributed by atoms with Crippen LogP contribution in [-0.4, -0.2) is 9.55 Å². The number of benzene rings is 1. The van der Waals surface area contributed by atoms with Gasteiger partial charge in [-0.15, -0.1) is 0 Å². The van der Waals surface area contributed by atoms with E-state index in [0.717, 1.165) is 5.56 Å². The van der Waals surface area contributed by atoms with E-state index in [1.165, 1.54) is 4.57 Å². The lowest BCUT2D eigenvalue weighted by atomic mass is 10.2. The molecular formula is C12H13N3O2. The van der Waals surface area contributed by atoms with Crippen molar-refractivity contribution in [2.45, 2.75) is 13.5 Å². The van der Waals surface area contributed by atoms with Crippen LogP contribution in [-0.2, 0) is 6.54 Å². The van der Waals surface area contributed by atoms with E-state index in [-0.39, 0.29) is 5.56 Å². The Labute approximate surface area is 97.5 Å². The summed E-state index contributed by atoms with van der Waals surface area (Å²) in [5.74, 6) is 0. The minimum absolute atomic E-state index is 0.348. The van der Waals surface area contributed by atoms with Gasteiger partial charge in [0.25, 0.3) is 5.56 Å². The summed E-state index contributed by atoms with van der Waals surface area (Å²) in [6, 6.07) is 7.29. The maximum Gasteiger partial charge on any atom is 0.328 e. The molecule has 1 heterocycles. The van der Waals surface area contributed by atoms with E-state index in [2.05, 4.69) is 4.98 Å². The highest BCUT2D eigenvalue weighted by Crippen LogP contribution is 2.07.